The highest BCUT2D eigenvalue weighted by Gasteiger charge is 2.09. The molecule has 3 nitrogen and oxygen atoms in total. The Hall–Kier alpha value is -2.00. The Morgan fingerprint density at radius 2 is 1.95 bits per heavy atom. The predicted octanol–water partition coefficient (Wildman–Crippen LogP) is 3.77. The van der Waals surface area contributed by atoms with Crippen LogP contribution in [-0.4, -0.2) is 19.1 Å². The van der Waals surface area contributed by atoms with Crippen molar-refractivity contribution in [2.24, 2.45) is 0 Å². The van der Waals surface area contributed by atoms with Crippen LogP contribution in [0, 0.1) is 13.8 Å². The van der Waals surface area contributed by atoms with Crippen LogP contribution in [0.4, 0.5) is 0 Å². The summed E-state index contributed by atoms with van der Waals surface area (Å²) in [7, 11) is 0. The van der Waals surface area contributed by atoms with Crippen molar-refractivity contribution < 1.29 is 9.53 Å². The lowest BCUT2D eigenvalue weighted by atomic mass is 10.1. The molecule has 0 spiro atoms. The third-order valence-corrected chi connectivity index (χ3v) is 3.42. The first-order chi connectivity index (χ1) is 10.1. The van der Waals surface area contributed by atoms with Crippen molar-refractivity contribution in [3.63, 3.8) is 0 Å². The van der Waals surface area contributed by atoms with Crippen molar-refractivity contribution >= 4 is 17.5 Å². The molecular weight excluding hydrogens is 286 g/mol. The van der Waals surface area contributed by atoms with E-state index in [1.165, 1.54) is 0 Å². The molecule has 0 heterocycles. The normalized spacial score (nSPS) is 10.2. The first-order valence-corrected chi connectivity index (χ1v) is 7.18. The zero-order valence-corrected chi connectivity index (χ0v) is 12.9. The largest absolute Gasteiger partial charge is 0.491 e. The number of carbonyl (C=O) groups excluding carboxylic acids is 1. The summed E-state index contributed by atoms with van der Waals surface area (Å²) in [4.78, 5) is 12.0. The molecule has 1 amide bonds. The maximum Gasteiger partial charge on any atom is 0.252 e. The Morgan fingerprint density at radius 3 is 2.67 bits per heavy atom. The highest BCUT2D eigenvalue weighted by Crippen LogP contribution is 2.17. The summed E-state index contributed by atoms with van der Waals surface area (Å²) in [5.74, 6) is 0.647. The van der Waals surface area contributed by atoms with Crippen LogP contribution in [0.2, 0.25) is 5.02 Å². The molecule has 110 valence electrons. The van der Waals surface area contributed by atoms with Gasteiger partial charge in [-0.3, -0.25) is 4.79 Å². The van der Waals surface area contributed by atoms with E-state index in [2.05, 4.69) is 5.32 Å². The summed E-state index contributed by atoms with van der Waals surface area (Å²) >= 11 is 6.06. The molecule has 0 saturated heterocycles. The standard InChI is InChI=1S/C17H18ClNO2/c1-12-7-8-14(15(18)11-12)17(20)19-9-10-21-16-6-4-3-5-13(16)2/h3-8,11H,9-10H2,1-2H3,(H,19,20). The van der Waals surface area contributed by atoms with Gasteiger partial charge in [-0.1, -0.05) is 35.9 Å². The molecule has 0 unspecified atom stereocenters. The Kier molecular flexibility index (Phi) is 5.23. The molecule has 0 atom stereocenters. The van der Waals surface area contributed by atoms with Crippen molar-refractivity contribution in [1.29, 1.82) is 0 Å². The Balaban J connectivity index is 1.83. The Bertz CT molecular complexity index is 640. The fraction of sp³-hybridized carbons (Fsp3) is 0.235. The van der Waals surface area contributed by atoms with Crippen molar-refractivity contribution in [3.05, 3.63) is 64.2 Å². The minimum Gasteiger partial charge on any atom is -0.491 e. The lowest BCUT2D eigenvalue weighted by Crippen LogP contribution is -2.28. The van der Waals surface area contributed by atoms with Crippen LogP contribution in [0.1, 0.15) is 21.5 Å². The molecule has 0 radical (unpaired) electrons. The molecule has 2 aromatic carbocycles. The zero-order valence-electron chi connectivity index (χ0n) is 12.2. The molecule has 1 N–H and O–H groups in total. The van der Waals surface area contributed by atoms with Gasteiger partial charge in [-0.15, -0.1) is 0 Å². The highest BCUT2D eigenvalue weighted by atomic mass is 35.5. The number of ether oxygens (including phenoxy) is 1. The van der Waals surface area contributed by atoms with Gasteiger partial charge in [-0.25, -0.2) is 0 Å². The summed E-state index contributed by atoms with van der Waals surface area (Å²) in [6.45, 7) is 4.76. The van der Waals surface area contributed by atoms with E-state index < -0.39 is 0 Å². The second-order valence-electron chi connectivity index (χ2n) is 4.85. The quantitative estimate of drug-likeness (QED) is 0.854. The zero-order chi connectivity index (χ0) is 15.2. The second kappa shape index (κ2) is 7.14. The van der Waals surface area contributed by atoms with Crippen molar-refractivity contribution in [2.45, 2.75) is 13.8 Å². The number of hydrogen-bond donors (Lipinski definition) is 1. The van der Waals surface area contributed by atoms with Crippen molar-refractivity contribution in [2.75, 3.05) is 13.2 Å². The lowest BCUT2D eigenvalue weighted by Gasteiger charge is -2.10. The van der Waals surface area contributed by atoms with Crippen LogP contribution in [-0.2, 0) is 0 Å². The van der Waals surface area contributed by atoms with Crippen LogP contribution in [0.5, 0.6) is 5.75 Å². The third-order valence-electron chi connectivity index (χ3n) is 3.11. The molecule has 4 heteroatoms. The van der Waals surface area contributed by atoms with Crippen LogP contribution in [0.3, 0.4) is 0 Å². The number of benzene rings is 2. The summed E-state index contributed by atoms with van der Waals surface area (Å²) in [6.07, 6.45) is 0. The van der Waals surface area contributed by atoms with E-state index in [0.29, 0.717) is 23.7 Å². The van der Waals surface area contributed by atoms with Crippen molar-refractivity contribution in [1.82, 2.24) is 5.32 Å². The molecule has 0 aliphatic carbocycles. The summed E-state index contributed by atoms with van der Waals surface area (Å²) in [5, 5.41) is 3.27. The molecule has 21 heavy (non-hydrogen) atoms. The van der Waals surface area contributed by atoms with Gasteiger partial charge in [0, 0.05) is 0 Å². The fourth-order valence-corrected chi connectivity index (χ4v) is 2.26. The van der Waals surface area contributed by atoms with Gasteiger partial charge in [-0.05, 0) is 43.2 Å². The smallest absolute Gasteiger partial charge is 0.252 e. The van der Waals surface area contributed by atoms with Gasteiger partial charge in [-0.2, -0.15) is 0 Å². The first-order valence-electron chi connectivity index (χ1n) is 6.80. The van der Waals surface area contributed by atoms with Gasteiger partial charge >= 0.3 is 0 Å². The predicted molar refractivity (Wildman–Crippen MR) is 85.2 cm³/mol. The molecule has 0 aliphatic rings. The van der Waals surface area contributed by atoms with E-state index in [0.717, 1.165) is 16.9 Å². The van der Waals surface area contributed by atoms with Gasteiger partial charge < -0.3 is 10.1 Å². The average molecular weight is 304 g/mol. The topological polar surface area (TPSA) is 38.3 Å². The van der Waals surface area contributed by atoms with Crippen LogP contribution < -0.4 is 10.1 Å². The Labute approximate surface area is 129 Å². The minimum atomic E-state index is -0.187. The van der Waals surface area contributed by atoms with Gasteiger partial charge in [0.25, 0.3) is 5.91 Å². The number of hydrogen-bond acceptors (Lipinski definition) is 2. The average Bonchev–Trinajstić information content (AvgIpc) is 2.45. The molecule has 2 rings (SSSR count). The van der Waals surface area contributed by atoms with E-state index in [-0.39, 0.29) is 5.91 Å². The first kappa shape index (κ1) is 15.4. The van der Waals surface area contributed by atoms with E-state index in [4.69, 9.17) is 16.3 Å². The summed E-state index contributed by atoms with van der Waals surface area (Å²) < 4.78 is 5.62. The van der Waals surface area contributed by atoms with Crippen molar-refractivity contribution in [3.8, 4) is 5.75 Å². The number of rotatable bonds is 5. The lowest BCUT2D eigenvalue weighted by molar-refractivity contribution is 0.0947. The molecular formula is C17H18ClNO2. The molecule has 0 aliphatic heterocycles. The number of halogens is 1. The van der Waals surface area contributed by atoms with Gasteiger partial charge in [0.2, 0.25) is 0 Å². The third kappa shape index (κ3) is 4.23. The molecule has 0 saturated carbocycles. The highest BCUT2D eigenvalue weighted by molar-refractivity contribution is 6.33. The number of aryl methyl sites for hydroxylation is 2. The second-order valence-corrected chi connectivity index (χ2v) is 5.26. The van der Waals surface area contributed by atoms with Gasteiger partial charge in [0.05, 0.1) is 17.1 Å². The summed E-state index contributed by atoms with van der Waals surface area (Å²) in [6, 6.07) is 13.2. The number of amides is 1. The van der Waals surface area contributed by atoms with Gasteiger partial charge in [0.15, 0.2) is 0 Å². The van der Waals surface area contributed by atoms with Crippen LogP contribution >= 0.6 is 11.6 Å². The maximum atomic E-state index is 12.0. The molecule has 2 aromatic rings. The van der Waals surface area contributed by atoms with Crippen LogP contribution in [0.25, 0.3) is 0 Å². The van der Waals surface area contributed by atoms with E-state index >= 15 is 0 Å². The molecule has 0 fully saturated rings. The Morgan fingerprint density at radius 1 is 1.19 bits per heavy atom. The number of para-hydroxylation sites is 1. The fourth-order valence-electron chi connectivity index (χ4n) is 1.94. The number of carbonyl (C=O) groups is 1. The minimum absolute atomic E-state index is 0.187. The van der Waals surface area contributed by atoms with E-state index in [1.807, 2.05) is 44.2 Å². The molecule has 0 bridgehead atoms. The van der Waals surface area contributed by atoms with Crippen LogP contribution in [0.15, 0.2) is 42.5 Å². The number of nitrogens with one attached hydrogen (secondary N) is 1. The monoisotopic (exact) mass is 303 g/mol. The maximum absolute atomic E-state index is 12.0. The van der Waals surface area contributed by atoms with Gasteiger partial charge in [0.1, 0.15) is 12.4 Å². The summed E-state index contributed by atoms with van der Waals surface area (Å²) in [5.41, 5.74) is 2.59. The SMILES string of the molecule is Cc1ccc(C(=O)NCCOc2ccccc2C)c(Cl)c1. The molecule has 0 aromatic heterocycles. The van der Waals surface area contributed by atoms with E-state index in [9.17, 15) is 4.79 Å². The van der Waals surface area contributed by atoms with E-state index in [1.54, 1.807) is 12.1 Å².